The molecule has 1 unspecified atom stereocenters. The summed E-state index contributed by atoms with van der Waals surface area (Å²) in [5, 5.41) is 0. The zero-order valence-electron chi connectivity index (χ0n) is 9.11. The van der Waals surface area contributed by atoms with Gasteiger partial charge in [-0.15, -0.1) is 6.58 Å². The number of ether oxygens (including phenoxy) is 1. The summed E-state index contributed by atoms with van der Waals surface area (Å²) >= 11 is 0. The highest BCUT2D eigenvalue weighted by Gasteiger charge is 2.33. The summed E-state index contributed by atoms with van der Waals surface area (Å²) in [6.07, 6.45) is 6.44. The van der Waals surface area contributed by atoms with Crippen molar-refractivity contribution >= 4 is 0 Å². The van der Waals surface area contributed by atoms with E-state index >= 15 is 0 Å². The van der Waals surface area contributed by atoms with E-state index in [4.69, 9.17) is 4.74 Å². The van der Waals surface area contributed by atoms with Crippen molar-refractivity contribution < 1.29 is 4.74 Å². The van der Waals surface area contributed by atoms with E-state index in [1.165, 1.54) is 18.4 Å². The minimum atomic E-state index is -0.0960. The predicted octanol–water partition coefficient (Wildman–Crippen LogP) is 3.66. The van der Waals surface area contributed by atoms with E-state index in [1.54, 1.807) is 0 Å². The Hall–Kier alpha value is -1.08. The fraction of sp³-hybridized carbons (Fsp3) is 0.429. The molecule has 1 heterocycles. The third-order valence-corrected chi connectivity index (χ3v) is 3.13. The molecule has 1 saturated heterocycles. The summed E-state index contributed by atoms with van der Waals surface area (Å²) in [6.45, 7) is 4.72. The van der Waals surface area contributed by atoms with Crippen LogP contribution in [0.5, 0.6) is 0 Å². The van der Waals surface area contributed by atoms with Crippen molar-refractivity contribution in [2.24, 2.45) is 0 Å². The van der Waals surface area contributed by atoms with Crippen molar-refractivity contribution in [2.45, 2.75) is 31.3 Å². The van der Waals surface area contributed by atoms with Crippen molar-refractivity contribution in [3.05, 3.63) is 48.6 Å². The lowest BCUT2D eigenvalue weighted by molar-refractivity contribution is -0.0818. The van der Waals surface area contributed by atoms with Crippen LogP contribution in [0.15, 0.2) is 43.0 Å². The van der Waals surface area contributed by atoms with Crippen LogP contribution in [0.2, 0.25) is 0 Å². The van der Waals surface area contributed by atoms with Crippen molar-refractivity contribution in [1.82, 2.24) is 0 Å². The molecule has 1 heteroatoms. The van der Waals surface area contributed by atoms with Gasteiger partial charge in [-0.25, -0.2) is 0 Å². The molecule has 0 spiro atoms. The number of hydrogen-bond donors (Lipinski definition) is 0. The molecule has 0 N–H and O–H groups in total. The Kier molecular flexibility index (Phi) is 3.22. The third-order valence-electron chi connectivity index (χ3n) is 3.13. The van der Waals surface area contributed by atoms with Gasteiger partial charge in [0, 0.05) is 6.61 Å². The molecular formula is C14H18O. The lowest BCUT2D eigenvalue weighted by Crippen LogP contribution is -2.33. The SMILES string of the molecule is C=CCC1(c2ccccc2)CCCCO1. The summed E-state index contributed by atoms with van der Waals surface area (Å²) < 4.78 is 6.02. The number of hydrogen-bond acceptors (Lipinski definition) is 1. The monoisotopic (exact) mass is 202 g/mol. The molecule has 80 valence electrons. The first kappa shape index (κ1) is 10.4. The summed E-state index contributed by atoms with van der Waals surface area (Å²) in [4.78, 5) is 0. The highest BCUT2D eigenvalue weighted by Crippen LogP contribution is 2.38. The van der Waals surface area contributed by atoms with Crippen LogP contribution < -0.4 is 0 Å². The molecule has 1 aromatic rings. The van der Waals surface area contributed by atoms with Gasteiger partial charge in [0.05, 0.1) is 5.60 Å². The second-order valence-corrected chi connectivity index (χ2v) is 4.16. The first-order chi connectivity index (χ1) is 7.37. The quantitative estimate of drug-likeness (QED) is 0.680. The zero-order chi connectivity index (χ0) is 10.6. The first-order valence-corrected chi connectivity index (χ1v) is 5.68. The van der Waals surface area contributed by atoms with E-state index < -0.39 is 0 Å². The van der Waals surface area contributed by atoms with Crippen molar-refractivity contribution in [2.75, 3.05) is 6.61 Å². The van der Waals surface area contributed by atoms with Gasteiger partial charge in [0.1, 0.15) is 0 Å². The van der Waals surface area contributed by atoms with Gasteiger partial charge in [-0.05, 0) is 31.2 Å². The molecular weight excluding hydrogens is 184 g/mol. The van der Waals surface area contributed by atoms with Gasteiger partial charge >= 0.3 is 0 Å². The molecule has 15 heavy (non-hydrogen) atoms. The van der Waals surface area contributed by atoms with Gasteiger partial charge in [0.2, 0.25) is 0 Å². The molecule has 1 aliphatic heterocycles. The van der Waals surface area contributed by atoms with Gasteiger partial charge in [0.15, 0.2) is 0 Å². The van der Waals surface area contributed by atoms with Gasteiger partial charge in [0.25, 0.3) is 0 Å². The molecule has 1 fully saturated rings. The minimum absolute atomic E-state index is 0.0960. The Labute approximate surface area is 91.8 Å². The summed E-state index contributed by atoms with van der Waals surface area (Å²) in [5.74, 6) is 0. The molecule has 1 atom stereocenters. The Bertz CT molecular complexity index is 309. The van der Waals surface area contributed by atoms with Crippen LogP contribution in [-0.4, -0.2) is 6.61 Å². The van der Waals surface area contributed by atoms with Gasteiger partial charge < -0.3 is 4.74 Å². The number of rotatable bonds is 3. The van der Waals surface area contributed by atoms with Crippen LogP contribution in [0.4, 0.5) is 0 Å². The first-order valence-electron chi connectivity index (χ1n) is 5.68. The standard InChI is InChI=1S/C14H18O/c1-2-10-14(11-6-7-12-15-14)13-8-4-3-5-9-13/h2-5,8-9H,1,6-7,10-12H2. The largest absolute Gasteiger partial charge is 0.370 e. The molecule has 1 nitrogen and oxygen atoms in total. The summed E-state index contributed by atoms with van der Waals surface area (Å²) in [5.41, 5.74) is 1.20. The van der Waals surface area contributed by atoms with E-state index in [1.807, 2.05) is 12.1 Å². The fourth-order valence-corrected chi connectivity index (χ4v) is 2.33. The van der Waals surface area contributed by atoms with Gasteiger partial charge in [-0.2, -0.15) is 0 Å². The van der Waals surface area contributed by atoms with E-state index in [0.717, 1.165) is 19.4 Å². The topological polar surface area (TPSA) is 9.23 Å². The van der Waals surface area contributed by atoms with E-state index in [2.05, 4.69) is 30.8 Å². The fourth-order valence-electron chi connectivity index (χ4n) is 2.33. The van der Waals surface area contributed by atoms with Crippen LogP contribution in [-0.2, 0) is 10.3 Å². The van der Waals surface area contributed by atoms with Crippen LogP contribution in [0.3, 0.4) is 0 Å². The molecule has 0 bridgehead atoms. The smallest absolute Gasteiger partial charge is 0.0965 e. The Morgan fingerprint density at radius 2 is 2.07 bits per heavy atom. The minimum Gasteiger partial charge on any atom is -0.370 e. The molecule has 0 amide bonds. The maximum atomic E-state index is 6.02. The maximum Gasteiger partial charge on any atom is 0.0965 e. The third kappa shape index (κ3) is 2.13. The average Bonchev–Trinajstić information content (AvgIpc) is 2.32. The van der Waals surface area contributed by atoms with Crippen molar-refractivity contribution in [1.29, 1.82) is 0 Å². The molecule has 0 aliphatic carbocycles. The molecule has 0 radical (unpaired) electrons. The van der Waals surface area contributed by atoms with Gasteiger partial charge in [-0.1, -0.05) is 36.4 Å². The maximum absolute atomic E-state index is 6.02. The molecule has 2 rings (SSSR count). The Balaban J connectivity index is 2.29. The lowest BCUT2D eigenvalue weighted by Gasteiger charge is -2.37. The van der Waals surface area contributed by atoms with E-state index in [9.17, 15) is 0 Å². The zero-order valence-corrected chi connectivity index (χ0v) is 9.11. The van der Waals surface area contributed by atoms with Crippen LogP contribution in [0.25, 0.3) is 0 Å². The molecule has 0 aromatic heterocycles. The summed E-state index contributed by atoms with van der Waals surface area (Å²) in [7, 11) is 0. The number of benzene rings is 1. The van der Waals surface area contributed by atoms with E-state index in [0.29, 0.717) is 0 Å². The lowest BCUT2D eigenvalue weighted by atomic mass is 9.84. The van der Waals surface area contributed by atoms with Crippen LogP contribution in [0, 0.1) is 0 Å². The van der Waals surface area contributed by atoms with Crippen LogP contribution in [0.1, 0.15) is 31.2 Å². The van der Waals surface area contributed by atoms with Crippen LogP contribution >= 0.6 is 0 Å². The molecule has 0 saturated carbocycles. The Morgan fingerprint density at radius 3 is 2.67 bits per heavy atom. The Morgan fingerprint density at radius 1 is 1.27 bits per heavy atom. The molecule has 1 aliphatic rings. The van der Waals surface area contributed by atoms with E-state index in [-0.39, 0.29) is 5.60 Å². The normalized spacial score (nSPS) is 26.1. The highest BCUT2D eigenvalue weighted by atomic mass is 16.5. The van der Waals surface area contributed by atoms with Gasteiger partial charge in [-0.3, -0.25) is 0 Å². The second-order valence-electron chi connectivity index (χ2n) is 4.16. The summed E-state index contributed by atoms with van der Waals surface area (Å²) in [6, 6.07) is 10.5. The average molecular weight is 202 g/mol. The predicted molar refractivity (Wildman–Crippen MR) is 62.7 cm³/mol. The van der Waals surface area contributed by atoms with Crippen molar-refractivity contribution in [3.8, 4) is 0 Å². The highest BCUT2D eigenvalue weighted by molar-refractivity contribution is 5.24. The molecule has 1 aromatic carbocycles. The van der Waals surface area contributed by atoms with Crippen molar-refractivity contribution in [3.63, 3.8) is 0 Å². The second kappa shape index (κ2) is 4.63.